The molecule has 1 aromatic rings. The van der Waals surface area contributed by atoms with Crippen LogP contribution in [0.25, 0.3) is 0 Å². The normalized spacial score (nSPS) is 22.8. The highest BCUT2D eigenvalue weighted by atomic mass is 32.2. The van der Waals surface area contributed by atoms with Crippen LogP contribution >= 0.6 is 11.8 Å². The smallest absolute Gasteiger partial charge is 0.225 e. The molecule has 2 aliphatic rings. The molecule has 5 heteroatoms. The summed E-state index contributed by atoms with van der Waals surface area (Å²) < 4.78 is 0. The molecule has 3 rings (SSSR count). The molecule has 1 atom stereocenters. The van der Waals surface area contributed by atoms with Crippen LogP contribution in [0.3, 0.4) is 0 Å². The molecule has 2 heterocycles. The van der Waals surface area contributed by atoms with Gasteiger partial charge in [0.05, 0.1) is 0 Å². The number of benzene rings is 1. The maximum absolute atomic E-state index is 12.2. The number of nitrogens with zero attached hydrogens (tertiary/aromatic N) is 1. The molecular weight excluding hydrogens is 306 g/mol. The third-order valence-corrected chi connectivity index (χ3v) is 5.84. The molecule has 0 spiro atoms. The lowest BCUT2D eigenvalue weighted by atomic mass is 9.99. The minimum Gasteiger partial charge on any atom is -0.371 e. The summed E-state index contributed by atoms with van der Waals surface area (Å²) in [4.78, 5) is 14.7. The van der Waals surface area contributed by atoms with E-state index >= 15 is 0 Å². The van der Waals surface area contributed by atoms with Gasteiger partial charge in [0.15, 0.2) is 0 Å². The number of amides is 1. The van der Waals surface area contributed by atoms with Gasteiger partial charge >= 0.3 is 0 Å². The van der Waals surface area contributed by atoms with Gasteiger partial charge in [-0.1, -0.05) is 13.0 Å². The molecule has 0 bridgehead atoms. The van der Waals surface area contributed by atoms with Crippen molar-refractivity contribution >= 4 is 29.0 Å². The van der Waals surface area contributed by atoms with Crippen LogP contribution in [0, 0.1) is 5.92 Å². The number of nitrogens with one attached hydrogen (secondary N) is 2. The molecule has 0 aliphatic carbocycles. The van der Waals surface area contributed by atoms with Gasteiger partial charge in [-0.25, -0.2) is 0 Å². The number of hydrogen-bond acceptors (Lipinski definition) is 4. The molecule has 2 aliphatic heterocycles. The Morgan fingerprint density at radius 1 is 1.39 bits per heavy atom. The topological polar surface area (TPSA) is 44.4 Å². The van der Waals surface area contributed by atoms with Crippen LogP contribution in [-0.2, 0) is 4.79 Å². The van der Waals surface area contributed by atoms with Crippen LogP contribution in [0.4, 0.5) is 11.4 Å². The zero-order valence-corrected chi connectivity index (χ0v) is 14.7. The van der Waals surface area contributed by atoms with Crippen LogP contribution in [-0.4, -0.2) is 43.1 Å². The average molecular weight is 334 g/mol. The van der Waals surface area contributed by atoms with E-state index < -0.39 is 0 Å². The fourth-order valence-corrected chi connectivity index (χ4v) is 4.18. The lowest BCUT2D eigenvalue weighted by Crippen LogP contribution is -2.39. The number of anilines is 2. The monoisotopic (exact) mass is 333 g/mol. The van der Waals surface area contributed by atoms with Crippen molar-refractivity contribution in [2.45, 2.75) is 32.2 Å². The van der Waals surface area contributed by atoms with E-state index in [4.69, 9.17) is 0 Å². The molecule has 2 saturated heterocycles. The van der Waals surface area contributed by atoms with Gasteiger partial charge in [-0.2, -0.15) is 11.8 Å². The van der Waals surface area contributed by atoms with E-state index in [1.54, 1.807) is 0 Å². The molecule has 0 radical (unpaired) electrons. The van der Waals surface area contributed by atoms with Crippen molar-refractivity contribution < 1.29 is 4.79 Å². The first kappa shape index (κ1) is 16.7. The number of thioether (sulfide) groups is 1. The fraction of sp³-hybridized carbons (Fsp3) is 0.611. The highest BCUT2D eigenvalue weighted by Crippen LogP contribution is 2.25. The summed E-state index contributed by atoms with van der Waals surface area (Å²) in [7, 11) is 0. The van der Waals surface area contributed by atoms with Crippen molar-refractivity contribution in [3.8, 4) is 0 Å². The van der Waals surface area contributed by atoms with Gasteiger partial charge in [-0.3, -0.25) is 4.79 Å². The van der Waals surface area contributed by atoms with E-state index in [2.05, 4.69) is 34.6 Å². The summed E-state index contributed by atoms with van der Waals surface area (Å²) in [6.07, 6.45) is 3.06. The summed E-state index contributed by atoms with van der Waals surface area (Å²) in [5.41, 5.74) is 2.13. The standard InChI is InChI=1S/C18H27N3OS/c1-14-5-8-21(9-6-14)17-4-2-3-15(11-17)20-18(22)12-16-13-23-10-7-19-16/h2-4,11,14,16,19H,5-10,12-13H2,1H3,(H,20,22). The largest absolute Gasteiger partial charge is 0.371 e. The Balaban J connectivity index is 1.55. The third kappa shape index (κ3) is 4.88. The van der Waals surface area contributed by atoms with Gasteiger partial charge in [-0.05, 0) is 37.0 Å². The van der Waals surface area contributed by atoms with Gasteiger partial charge in [0.1, 0.15) is 0 Å². The number of carbonyl (C=O) groups is 1. The van der Waals surface area contributed by atoms with Crippen molar-refractivity contribution in [2.75, 3.05) is 41.4 Å². The van der Waals surface area contributed by atoms with Gasteiger partial charge in [0, 0.05) is 55.0 Å². The second-order valence-corrected chi connectivity index (χ2v) is 7.85. The maximum atomic E-state index is 12.2. The molecule has 4 nitrogen and oxygen atoms in total. The Morgan fingerprint density at radius 3 is 2.96 bits per heavy atom. The first-order valence-corrected chi connectivity index (χ1v) is 9.82. The summed E-state index contributed by atoms with van der Waals surface area (Å²) in [5.74, 6) is 3.11. The molecule has 0 aromatic heterocycles. The molecule has 0 saturated carbocycles. The van der Waals surface area contributed by atoms with Crippen LogP contribution < -0.4 is 15.5 Å². The van der Waals surface area contributed by atoms with Crippen molar-refractivity contribution in [1.29, 1.82) is 0 Å². The van der Waals surface area contributed by atoms with E-state index in [0.717, 1.165) is 42.7 Å². The molecular formula is C18H27N3OS. The highest BCUT2D eigenvalue weighted by molar-refractivity contribution is 7.99. The average Bonchev–Trinajstić information content (AvgIpc) is 2.56. The van der Waals surface area contributed by atoms with Crippen molar-refractivity contribution in [1.82, 2.24) is 5.32 Å². The third-order valence-electron chi connectivity index (χ3n) is 4.71. The lowest BCUT2D eigenvalue weighted by Gasteiger charge is -2.32. The number of carbonyl (C=O) groups excluding carboxylic acids is 1. The molecule has 23 heavy (non-hydrogen) atoms. The summed E-state index contributed by atoms with van der Waals surface area (Å²) in [5, 5.41) is 6.48. The van der Waals surface area contributed by atoms with Gasteiger partial charge < -0.3 is 15.5 Å². The van der Waals surface area contributed by atoms with Crippen molar-refractivity contribution in [3.63, 3.8) is 0 Å². The SMILES string of the molecule is CC1CCN(c2cccc(NC(=O)CC3CSCCN3)c2)CC1. The first-order chi connectivity index (χ1) is 11.2. The maximum Gasteiger partial charge on any atom is 0.225 e. The minimum absolute atomic E-state index is 0.106. The Bertz CT molecular complexity index is 523. The first-order valence-electron chi connectivity index (χ1n) is 8.67. The zero-order valence-electron chi connectivity index (χ0n) is 13.9. The quantitative estimate of drug-likeness (QED) is 0.889. The fourth-order valence-electron chi connectivity index (χ4n) is 3.23. The zero-order chi connectivity index (χ0) is 16.1. The Kier molecular flexibility index (Phi) is 5.84. The molecule has 126 valence electrons. The van der Waals surface area contributed by atoms with Crippen molar-refractivity contribution in [3.05, 3.63) is 24.3 Å². The number of piperidine rings is 1. The van der Waals surface area contributed by atoms with Crippen LogP contribution in [0.2, 0.25) is 0 Å². The van der Waals surface area contributed by atoms with Crippen LogP contribution in [0.5, 0.6) is 0 Å². The Labute approximate surface area is 143 Å². The summed E-state index contributed by atoms with van der Waals surface area (Å²) in [6, 6.07) is 8.58. The Morgan fingerprint density at radius 2 is 2.22 bits per heavy atom. The van der Waals surface area contributed by atoms with E-state index in [-0.39, 0.29) is 5.91 Å². The summed E-state index contributed by atoms with van der Waals surface area (Å²) in [6.45, 7) is 5.56. The van der Waals surface area contributed by atoms with Crippen LogP contribution in [0.1, 0.15) is 26.2 Å². The van der Waals surface area contributed by atoms with E-state index in [0.29, 0.717) is 12.5 Å². The van der Waals surface area contributed by atoms with Gasteiger partial charge in [0.25, 0.3) is 0 Å². The van der Waals surface area contributed by atoms with Crippen LogP contribution in [0.15, 0.2) is 24.3 Å². The predicted molar refractivity (Wildman–Crippen MR) is 99.4 cm³/mol. The molecule has 1 unspecified atom stereocenters. The molecule has 2 N–H and O–H groups in total. The van der Waals surface area contributed by atoms with E-state index in [1.807, 2.05) is 23.9 Å². The van der Waals surface area contributed by atoms with Crippen molar-refractivity contribution in [2.24, 2.45) is 5.92 Å². The molecule has 1 amide bonds. The Hall–Kier alpha value is -1.20. The predicted octanol–water partition coefficient (Wildman–Crippen LogP) is 2.96. The van der Waals surface area contributed by atoms with E-state index in [9.17, 15) is 4.79 Å². The molecule has 1 aromatic carbocycles. The van der Waals surface area contributed by atoms with Gasteiger partial charge in [-0.15, -0.1) is 0 Å². The number of hydrogen-bond donors (Lipinski definition) is 2. The van der Waals surface area contributed by atoms with E-state index in [1.165, 1.54) is 18.5 Å². The minimum atomic E-state index is 0.106. The number of rotatable bonds is 4. The second-order valence-electron chi connectivity index (χ2n) is 6.70. The highest BCUT2D eigenvalue weighted by Gasteiger charge is 2.18. The molecule has 2 fully saturated rings. The second kappa shape index (κ2) is 8.06. The summed E-state index contributed by atoms with van der Waals surface area (Å²) >= 11 is 1.92. The lowest BCUT2D eigenvalue weighted by molar-refractivity contribution is -0.116. The van der Waals surface area contributed by atoms with Gasteiger partial charge in [0.2, 0.25) is 5.91 Å².